The smallest absolute Gasteiger partial charge is 0.319 e. The van der Waals surface area contributed by atoms with Gasteiger partial charge in [0.2, 0.25) is 0 Å². The minimum atomic E-state index is -0.347. The van der Waals surface area contributed by atoms with E-state index < -0.39 is 0 Å². The maximum atomic E-state index is 13.1. The Bertz CT molecular complexity index is 660. The Morgan fingerprint density at radius 1 is 1.12 bits per heavy atom. The fourth-order valence-corrected chi connectivity index (χ4v) is 5.24. The zero-order chi connectivity index (χ0) is 17.2. The van der Waals surface area contributed by atoms with Gasteiger partial charge in [0.15, 0.2) is 0 Å². The predicted molar refractivity (Wildman–Crippen MR) is 101 cm³/mol. The molecule has 1 atom stereocenters. The van der Waals surface area contributed by atoms with Crippen LogP contribution in [0.1, 0.15) is 37.7 Å². The number of nitrogens with zero attached hydrogens (tertiary/aromatic N) is 2. The summed E-state index contributed by atoms with van der Waals surface area (Å²) in [6.45, 7) is 0.720. The summed E-state index contributed by atoms with van der Waals surface area (Å²) in [7, 11) is 0. The maximum absolute atomic E-state index is 13.1. The van der Waals surface area contributed by atoms with E-state index in [9.17, 15) is 9.59 Å². The molecule has 4 rings (SSSR count). The number of thioether (sulfide) groups is 1. The zero-order valence-electron chi connectivity index (χ0n) is 14.4. The first kappa shape index (κ1) is 16.8. The molecule has 0 bridgehead atoms. The number of hydrogen-bond donors (Lipinski definition) is 1. The number of carbonyl (C=O) groups excluding carboxylic acids is 2. The summed E-state index contributed by atoms with van der Waals surface area (Å²) < 4.78 is 0. The summed E-state index contributed by atoms with van der Waals surface area (Å²) in [6.07, 6.45) is 6.66. The van der Waals surface area contributed by atoms with Gasteiger partial charge in [0.05, 0.1) is 5.88 Å². The third-order valence-corrected chi connectivity index (χ3v) is 6.53. The first-order chi connectivity index (χ1) is 12.2. The summed E-state index contributed by atoms with van der Waals surface area (Å²) in [6, 6.07) is 7.94. The zero-order valence-corrected chi connectivity index (χ0v) is 15.3. The summed E-state index contributed by atoms with van der Waals surface area (Å²) in [5.41, 5.74) is 2.23. The van der Waals surface area contributed by atoms with E-state index in [4.69, 9.17) is 0 Å². The summed E-state index contributed by atoms with van der Waals surface area (Å²) in [5.74, 6) is 1.36. The Balaban J connectivity index is 1.44. The third-order valence-electron chi connectivity index (χ3n) is 5.51. The molecule has 0 unspecified atom stereocenters. The number of hydrogen-bond acceptors (Lipinski definition) is 3. The molecule has 0 spiro atoms. The Labute approximate surface area is 153 Å². The van der Waals surface area contributed by atoms with E-state index in [1.807, 2.05) is 23.1 Å². The number of urea groups is 1. The number of rotatable bonds is 2. The van der Waals surface area contributed by atoms with Gasteiger partial charge in [-0.2, -0.15) is 0 Å². The van der Waals surface area contributed by atoms with Crippen molar-refractivity contribution in [2.75, 3.05) is 23.1 Å². The molecule has 3 amide bonds. The SMILES string of the molecule is O=C([C@@H]1CSCN1C(=O)NC1CCCCC1)N1CCc2ccccc21. The molecule has 6 heteroatoms. The van der Waals surface area contributed by atoms with E-state index >= 15 is 0 Å². The third kappa shape index (κ3) is 3.36. The first-order valence-corrected chi connectivity index (χ1v) is 10.4. The molecule has 0 radical (unpaired) electrons. The quantitative estimate of drug-likeness (QED) is 0.883. The van der Waals surface area contributed by atoms with Crippen molar-refractivity contribution < 1.29 is 9.59 Å². The molecule has 2 fully saturated rings. The van der Waals surface area contributed by atoms with Crippen molar-refractivity contribution in [3.05, 3.63) is 29.8 Å². The van der Waals surface area contributed by atoms with Crippen molar-refractivity contribution in [3.63, 3.8) is 0 Å². The van der Waals surface area contributed by atoms with Crippen molar-refractivity contribution in [1.82, 2.24) is 10.2 Å². The molecule has 1 aromatic carbocycles. The molecule has 0 aromatic heterocycles. The van der Waals surface area contributed by atoms with Crippen molar-refractivity contribution in [2.24, 2.45) is 0 Å². The van der Waals surface area contributed by atoms with Crippen LogP contribution in [0.3, 0.4) is 0 Å². The normalized spacial score (nSPS) is 23.6. The van der Waals surface area contributed by atoms with Gasteiger partial charge < -0.3 is 15.1 Å². The molecule has 5 nitrogen and oxygen atoms in total. The second-order valence-electron chi connectivity index (χ2n) is 7.14. The lowest BCUT2D eigenvalue weighted by atomic mass is 9.96. The second-order valence-corrected chi connectivity index (χ2v) is 8.14. The molecular weight excluding hydrogens is 334 g/mol. The van der Waals surface area contributed by atoms with Crippen LogP contribution in [-0.4, -0.2) is 47.1 Å². The van der Waals surface area contributed by atoms with E-state index in [0.29, 0.717) is 11.6 Å². The average Bonchev–Trinajstić information content (AvgIpc) is 3.29. The van der Waals surface area contributed by atoms with Crippen LogP contribution in [0.4, 0.5) is 10.5 Å². The molecule has 1 aliphatic carbocycles. The number of anilines is 1. The lowest BCUT2D eigenvalue weighted by molar-refractivity contribution is -0.121. The molecular formula is C19H25N3O2S. The largest absolute Gasteiger partial charge is 0.335 e. The van der Waals surface area contributed by atoms with Crippen LogP contribution >= 0.6 is 11.8 Å². The number of nitrogens with one attached hydrogen (secondary N) is 1. The van der Waals surface area contributed by atoms with Gasteiger partial charge in [-0.3, -0.25) is 4.79 Å². The fraction of sp³-hybridized carbons (Fsp3) is 0.579. The molecule has 2 aliphatic heterocycles. The average molecular weight is 359 g/mol. The van der Waals surface area contributed by atoms with Gasteiger partial charge in [-0.15, -0.1) is 11.8 Å². The monoisotopic (exact) mass is 359 g/mol. The minimum absolute atomic E-state index is 0.0637. The van der Waals surface area contributed by atoms with E-state index in [2.05, 4.69) is 11.4 Å². The summed E-state index contributed by atoms with van der Waals surface area (Å²) in [4.78, 5) is 29.4. The highest BCUT2D eigenvalue weighted by molar-refractivity contribution is 7.99. The maximum Gasteiger partial charge on any atom is 0.319 e. The highest BCUT2D eigenvalue weighted by atomic mass is 32.2. The summed E-state index contributed by atoms with van der Waals surface area (Å²) >= 11 is 1.67. The van der Waals surface area contributed by atoms with Gasteiger partial charge in [-0.1, -0.05) is 37.5 Å². The lowest BCUT2D eigenvalue weighted by Crippen LogP contribution is -2.53. The fourth-order valence-electron chi connectivity index (χ4n) is 4.10. The van der Waals surface area contributed by atoms with Gasteiger partial charge in [0, 0.05) is 24.0 Å². The molecule has 1 N–H and O–H groups in total. The van der Waals surface area contributed by atoms with E-state index in [0.717, 1.165) is 31.5 Å². The molecule has 1 saturated carbocycles. The van der Waals surface area contributed by atoms with Crippen LogP contribution in [0.5, 0.6) is 0 Å². The van der Waals surface area contributed by atoms with Crippen molar-refractivity contribution in [3.8, 4) is 0 Å². The molecule has 2 heterocycles. The Morgan fingerprint density at radius 2 is 1.92 bits per heavy atom. The number of fused-ring (bicyclic) bond motifs is 1. The van der Waals surface area contributed by atoms with Crippen molar-refractivity contribution in [1.29, 1.82) is 0 Å². The first-order valence-electron chi connectivity index (χ1n) is 9.28. The Hall–Kier alpha value is -1.69. The molecule has 3 aliphatic rings. The van der Waals surface area contributed by atoms with Crippen molar-refractivity contribution >= 4 is 29.4 Å². The standard InChI is InChI=1S/C19H25N3O2S/c23-18(21-11-10-14-6-4-5-9-16(14)21)17-12-25-13-22(17)19(24)20-15-7-2-1-3-8-15/h4-6,9,15,17H,1-3,7-8,10-13H2,(H,20,24)/t17-/m0/s1. The lowest BCUT2D eigenvalue weighted by Gasteiger charge is -2.30. The van der Waals surface area contributed by atoms with Crippen molar-refractivity contribution in [2.45, 2.75) is 50.6 Å². The van der Waals surface area contributed by atoms with Gasteiger partial charge in [0.25, 0.3) is 5.91 Å². The number of amides is 3. The minimum Gasteiger partial charge on any atom is -0.335 e. The van der Waals surface area contributed by atoms with Crippen LogP contribution in [0, 0.1) is 0 Å². The Kier molecular flexibility index (Phi) is 4.88. The molecule has 1 saturated heterocycles. The van der Waals surface area contributed by atoms with Crippen LogP contribution in [0.15, 0.2) is 24.3 Å². The van der Waals surface area contributed by atoms with Gasteiger partial charge in [0.1, 0.15) is 6.04 Å². The van der Waals surface area contributed by atoms with Crippen LogP contribution in [-0.2, 0) is 11.2 Å². The van der Waals surface area contributed by atoms with Gasteiger partial charge in [-0.05, 0) is 30.9 Å². The Morgan fingerprint density at radius 3 is 2.76 bits per heavy atom. The number of carbonyl (C=O) groups is 2. The molecule has 25 heavy (non-hydrogen) atoms. The predicted octanol–water partition coefficient (Wildman–Crippen LogP) is 2.99. The topological polar surface area (TPSA) is 52.7 Å². The molecule has 1 aromatic rings. The van der Waals surface area contributed by atoms with E-state index in [-0.39, 0.29) is 24.0 Å². The number of benzene rings is 1. The molecule has 134 valence electrons. The summed E-state index contributed by atoms with van der Waals surface area (Å²) in [5, 5.41) is 3.16. The van der Waals surface area contributed by atoms with E-state index in [1.165, 1.54) is 24.8 Å². The van der Waals surface area contributed by atoms with E-state index in [1.54, 1.807) is 16.7 Å². The van der Waals surface area contributed by atoms with Crippen LogP contribution in [0.2, 0.25) is 0 Å². The highest BCUT2D eigenvalue weighted by Crippen LogP contribution is 2.31. The van der Waals surface area contributed by atoms with Crippen LogP contribution < -0.4 is 10.2 Å². The second kappa shape index (κ2) is 7.28. The highest BCUT2D eigenvalue weighted by Gasteiger charge is 2.39. The van der Waals surface area contributed by atoms with Gasteiger partial charge in [-0.25, -0.2) is 4.79 Å². The van der Waals surface area contributed by atoms with Gasteiger partial charge >= 0.3 is 6.03 Å². The van der Waals surface area contributed by atoms with Crippen LogP contribution in [0.25, 0.3) is 0 Å². The number of para-hydroxylation sites is 1.